The molecule has 0 aliphatic carbocycles. The van der Waals surface area contributed by atoms with Crippen LogP contribution < -0.4 is 16.4 Å². The van der Waals surface area contributed by atoms with E-state index in [9.17, 15) is 13.6 Å². The lowest BCUT2D eigenvalue weighted by atomic mass is 10.1. The number of pyridine rings is 2. The van der Waals surface area contributed by atoms with Gasteiger partial charge < -0.3 is 16.4 Å². The second-order valence-electron chi connectivity index (χ2n) is 7.05. The number of nitrogens with one attached hydrogen (secondary N) is 2. The largest absolute Gasteiger partial charge is 0.369 e. The molecule has 4 N–H and O–H groups in total. The number of nitrogens with zero attached hydrogens (tertiary/aromatic N) is 2. The number of benzene rings is 1. The molecule has 0 fully saturated rings. The van der Waals surface area contributed by atoms with E-state index in [1.165, 1.54) is 18.2 Å². The lowest BCUT2D eigenvalue weighted by Gasteiger charge is -2.14. The summed E-state index contributed by atoms with van der Waals surface area (Å²) >= 11 is 0. The standard InChI is InChI=1S/C24H25F2N5O/c1-2-5-21-20(26)13-19(24(32)30-15-17-7-4-10-28-22(17)14-27)23(31-21)29-11-9-16-6-3-8-18(25)12-16/h2-8,10,12-13H,9,11,14-15,27H2,1H3,(H,29,31)(H,30,32). The van der Waals surface area contributed by atoms with Crippen LogP contribution in [0.1, 0.15) is 39.8 Å². The van der Waals surface area contributed by atoms with Crippen molar-refractivity contribution >= 4 is 17.8 Å². The van der Waals surface area contributed by atoms with Crippen LogP contribution in [-0.4, -0.2) is 22.4 Å². The zero-order chi connectivity index (χ0) is 22.9. The number of carbonyl (C=O) groups excluding carboxylic acids is 1. The minimum absolute atomic E-state index is 0.0770. The summed E-state index contributed by atoms with van der Waals surface area (Å²) in [4.78, 5) is 21.3. The van der Waals surface area contributed by atoms with Gasteiger partial charge in [0.25, 0.3) is 5.91 Å². The molecule has 0 aliphatic heterocycles. The van der Waals surface area contributed by atoms with E-state index in [2.05, 4.69) is 20.6 Å². The van der Waals surface area contributed by atoms with Crippen LogP contribution in [0.3, 0.4) is 0 Å². The van der Waals surface area contributed by atoms with Gasteiger partial charge in [0.05, 0.1) is 11.3 Å². The van der Waals surface area contributed by atoms with Gasteiger partial charge in [-0.2, -0.15) is 0 Å². The van der Waals surface area contributed by atoms with E-state index in [1.54, 1.807) is 31.3 Å². The third kappa shape index (κ3) is 5.95. The van der Waals surface area contributed by atoms with Crippen molar-refractivity contribution in [2.24, 2.45) is 5.73 Å². The van der Waals surface area contributed by atoms with Gasteiger partial charge in [-0.25, -0.2) is 13.8 Å². The molecule has 166 valence electrons. The third-order valence-corrected chi connectivity index (χ3v) is 4.78. The van der Waals surface area contributed by atoms with Crippen LogP contribution in [0.2, 0.25) is 0 Å². The molecule has 3 rings (SSSR count). The molecule has 2 heterocycles. The monoisotopic (exact) mass is 437 g/mol. The summed E-state index contributed by atoms with van der Waals surface area (Å²) in [5.74, 6) is -1.15. The highest BCUT2D eigenvalue weighted by Crippen LogP contribution is 2.19. The van der Waals surface area contributed by atoms with Crippen molar-refractivity contribution in [1.29, 1.82) is 0 Å². The van der Waals surface area contributed by atoms with Gasteiger partial charge in [-0.1, -0.05) is 24.3 Å². The van der Waals surface area contributed by atoms with Gasteiger partial charge in [-0.05, 0) is 54.8 Å². The number of hydrogen-bond donors (Lipinski definition) is 3. The molecule has 0 spiro atoms. The fourth-order valence-corrected chi connectivity index (χ4v) is 3.19. The first-order valence-corrected chi connectivity index (χ1v) is 10.2. The van der Waals surface area contributed by atoms with Crippen LogP contribution in [0.15, 0.2) is 54.7 Å². The van der Waals surface area contributed by atoms with E-state index in [0.717, 1.165) is 17.2 Å². The number of aromatic nitrogens is 2. The molecule has 0 saturated heterocycles. The maximum absolute atomic E-state index is 14.5. The second kappa shape index (κ2) is 11.1. The summed E-state index contributed by atoms with van der Waals surface area (Å²) in [6, 6.07) is 11.0. The number of rotatable bonds is 9. The van der Waals surface area contributed by atoms with Crippen molar-refractivity contribution in [3.8, 4) is 0 Å². The second-order valence-corrected chi connectivity index (χ2v) is 7.05. The van der Waals surface area contributed by atoms with Gasteiger partial charge in [0.2, 0.25) is 0 Å². The molecule has 0 saturated carbocycles. The number of hydrogen-bond acceptors (Lipinski definition) is 5. The van der Waals surface area contributed by atoms with Crippen LogP contribution in [0.25, 0.3) is 6.08 Å². The Kier molecular flexibility index (Phi) is 7.99. The number of amides is 1. The average molecular weight is 437 g/mol. The van der Waals surface area contributed by atoms with Gasteiger partial charge in [-0.15, -0.1) is 0 Å². The van der Waals surface area contributed by atoms with Crippen molar-refractivity contribution in [2.75, 3.05) is 11.9 Å². The summed E-state index contributed by atoms with van der Waals surface area (Å²) in [6.45, 7) is 2.58. The van der Waals surface area contributed by atoms with Crippen LogP contribution in [0.4, 0.5) is 14.6 Å². The number of halogens is 2. The summed E-state index contributed by atoms with van der Waals surface area (Å²) in [5.41, 5.74) is 8.14. The first-order valence-electron chi connectivity index (χ1n) is 10.2. The first kappa shape index (κ1) is 23.0. The maximum atomic E-state index is 14.5. The maximum Gasteiger partial charge on any atom is 0.255 e. The average Bonchev–Trinajstić information content (AvgIpc) is 2.79. The minimum atomic E-state index is -0.604. The molecular weight excluding hydrogens is 412 g/mol. The number of nitrogens with two attached hydrogens (primary N) is 1. The fraction of sp³-hybridized carbons (Fsp3) is 0.208. The lowest BCUT2D eigenvalue weighted by Crippen LogP contribution is -2.26. The van der Waals surface area contributed by atoms with Crippen molar-refractivity contribution in [2.45, 2.75) is 26.4 Å². The fourth-order valence-electron chi connectivity index (χ4n) is 3.19. The van der Waals surface area contributed by atoms with Gasteiger partial charge in [-0.3, -0.25) is 9.78 Å². The molecule has 0 bridgehead atoms. The highest BCUT2D eigenvalue weighted by atomic mass is 19.1. The molecular formula is C24H25F2N5O. The summed E-state index contributed by atoms with van der Waals surface area (Å²) in [5, 5.41) is 5.86. The Morgan fingerprint density at radius 1 is 1.19 bits per heavy atom. The lowest BCUT2D eigenvalue weighted by molar-refractivity contribution is 0.0951. The van der Waals surface area contributed by atoms with E-state index in [1.807, 2.05) is 12.1 Å². The molecule has 2 aromatic heterocycles. The molecule has 8 heteroatoms. The molecule has 0 radical (unpaired) electrons. The molecule has 0 atom stereocenters. The van der Waals surface area contributed by atoms with Crippen LogP contribution in [0.5, 0.6) is 0 Å². The topological polar surface area (TPSA) is 92.9 Å². The quantitative estimate of drug-likeness (QED) is 0.473. The molecule has 0 aliphatic rings. The Morgan fingerprint density at radius 2 is 2.03 bits per heavy atom. The smallest absolute Gasteiger partial charge is 0.255 e. The SMILES string of the molecule is CC=Cc1nc(NCCc2cccc(F)c2)c(C(=O)NCc2cccnc2CN)cc1F. The Labute approximate surface area is 185 Å². The normalized spacial score (nSPS) is 11.0. The van der Waals surface area contributed by atoms with E-state index in [4.69, 9.17) is 5.73 Å². The van der Waals surface area contributed by atoms with Crippen LogP contribution in [-0.2, 0) is 19.5 Å². The first-order chi connectivity index (χ1) is 15.5. The highest BCUT2D eigenvalue weighted by Gasteiger charge is 2.17. The number of carbonyl (C=O) groups is 1. The molecule has 1 aromatic carbocycles. The Morgan fingerprint density at radius 3 is 2.78 bits per heavy atom. The van der Waals surface area contributed by atoms with Crippen molar-refractivity contribution in [3.05, 3.63) is 94.5 Å². The van der Waals surface area contributed by atoms with Crippen LogP contribution >= 0.6 is 0 Å². The third-order valence-electron chi connectivity index (χ3n) is 4.78. The van der Waals surface area contributed by atoms with Crippen molar-refractivity contribution in [1.82, 2.24) is 15.3 Å². The van der Waals surface area contributed by atoms with Gasteiger partial charge in [0.1, 0.15) is 23.1 Å². The Bertz CT molecular complexity index is 1120. The number of allylic oxidation sites excluding steroid dienone is 1. The Balaban J connectivity index is 1.78. The van der Waals surface area contributed by atoms with Gasteiger partial charge in [0, 0.05) is 25.8 Å². The van der Waals surface area contributed by atoms with E-state index in [0.29, 0.717) is 18.7 Å². The van der Waals surface area contributed by atoms with Crippen LogP contribution in [0, 0.1) is 11.6 Å². The van der Waals surface area contributed by atoms with Gasteiger partial charge in [0.15, 0.2) is 0 Å². The van der Waals surface area contributed by atoms with E-state index < -0.39 is 11.7 Å². The highest BCUT2D eigenvalue weighted by molar-refractivity contribution is 5.99. The van der Waals surface area contributed by atoms with Gasteiger partial charge >= 0.3 is 0 Å². The Hall–Kier alpha value is -3.65. The van der Waals surface area contributed by atoms with Crippen molar-refractivity contribution < 1.29 is 13.6 Å². The molecule has 3 aromatic rings. The predicted molar refractivity (Wildman–Crippen MR) is 121 cm³/mol. The zero-order valence-corrected chi connectivity index (χ0v) is 17.7. The predicted octanol–water partition coefficient (Wildman–Crippen LogP) is 3.83. The molecule has 0 unspecified atom stereocenters. The summed E-state index contributed by atoms with van der Waals surface area (Å²) in [7, 11) is 0. The summed E-state index contributed by atoms with van der Waals surface area (Å²) in [6.07, 6.45) is 5.33. The molecule has 6 nitrogen and oxygen atoms in total. The molecule has 32 heavy (non-hydrogen) atoms. The number of anilines is 1. The molecule has 1 amide bonds. The van der Waals surface area contributed by atoms with E-state index >= 15 is 0 Å². The zero-order valence-electron chi connectivity index (χ0n) is 17.7. The van der Waals surface area contributed by atoms with E-state index in [-0.39, 0.29) is 36.0 Å². The minimum Gasteiger partial charge on any atom is -0.369 e. The van der Waals surface area contributed by atoms with Crippen molar-refractivity contribution in [3.63, 3.8) is 0 Å². The summed E-state index contributed by atoms with van der Waals surface area (Å²) < 4.78 is 27.9.